The minimum atomic E-state index is -0.566. The Bertz CT molecular complexity index is 1260. The van der Waals surface area contributed by atoms with Gasteiger partial charge in [0.2, 0.25) is 0 Å². The number of esters is 1. The van der Waals surface area contributed by atoms with Gasteiger partial charge in [0.05, 0.1) is 19.4 Å². The second-order valence-corrected chi connectivity index (χ2v) is 8.89. The Morgan fingerprint density at radius 1 is 1.06 bits per heavy atom. The molecule has 1 aliphatic carbocycles. The van der Waals surface area contributed by atoms with Gasteiger partial charge in [0, 0.05) is 29.8 Å². The number of pyridine rings is 1. The molecule has 2 heterocycles. The largest absolute Gasteiger partial charge is 0.493 e. The van der Waals surface area contributed by atoms with E-state index in [1.807, 2.05) is 36.4 Å². The van der Waals surface area contributed by atoms with Crippen LogP contribution in [0.3, 0.4) is 0 Å². The van der Waals surface area contributed by atoms with Gasteiger partial charge in [-0.05, 0) is 43.0 Å². The fraction of sp³-hybridized carbons (Fsp3) is 0.357. The number of nitrogens with zero attached hydrogens (tertiary/aromatic N) is 1. The summed E-state index contributed by atoms with van der Waals surface area (Å²) in [5.41, 5.74) is 3.79. The maximum atomic E-state index is 12.9. The molecule has 3 aromatic rings. The number of ether oxygens (including phenoxy) is 3. The lowest BCUT2D eigenvalue weighted by atomic mass is 9.75. The number of carbonyl (C=O) groups excluding carboxylic acids is 1. The quantitative estimate of drug-likeness (QED) is 0.456. The normalized spacial score (nSPS) is 18.3. The van der Waals surface area contributed by atoms with Crippen molar-refractivity contribution in [3.05, 3.63) is 81.6 Å². The van der Waals surface area contributed by atoms with E-state index in [1.54, 1.807) is 26.3 Å². The molecule has 0 bridgehead atoms. The van der Waals surface area contributed by atoms with E-state index in [2.05, 4.69) is 10.6 Å². The molecule has 0 radical (unpaired) electrons. The maximum Gasteiger partial charge on any atom is 0.343 e. The molecule has 5 rings (SSSR count). The van der Waals surface area contributed by atoms with E-state index in [4.69, 9.17) is 14.2 Å². The Morgan fingerprint density at radius 3 is 2.62 bits per heavy atom. The molecule has 0 spiro atoms. The van der Waals surface area contributed by atoms with E-state index >= 15 is 0 Å². The summed E-state index contributed by atoms with van der Waals surface area (Å²) in [6.45, 7) is 2.42. The molecule has 1 aromatic heterocycles. The minimum absolute atomic E-state index is 0.0909. The van der Waals surface area contributed by atoms with E-state index in [0.717, 1.165) is 42.5 Å². The number of benzene rings is 2. The number of rotatable bonds is 6. The van der Waals surface area contributed by atoms with Gasteiger partial charge in [-0.15, -0.1) is 0 Å². The second-order valence-electron chi connectivity index (χ2n) is 8.89. The highest BCUT2D eigenvalue weighted by Gasteiger charge is 2.36. The molecule has 2 atom stereocenters. The highest BCUT2D eigenvalue weighted by atomic mass is 16.5. The molecule has 6 nitrogen and oxygen atoms in total. The van der Waals surface area contributed by atoms with Crippen LogP contribution in [0.1, 0.15) is 66.1 Å². The summed E-state index contributed by atoms with van der Waals surface area (Å²) in [5, 5.41) is 0. The molecule has 0 amide bonds. The Morgan fingerprint density at radius 2 is 1.85 bits per heavy atom. The average Bonchev–Trinajstić information content (AvgIpc) is 2.87. The number of methoxy groups -OCH3 is 1. The fourth-order valence-electron chi connectivity index (χ4n) is 5.32. The first-order valence-corrected chi connectivity index (χ1v) is 11.9. The molecule has 2 aliphatic rings. The molecule has 2 aromatic carbocycles. The third kappa shape index (κ3) is 3.98. The first-order valence-electron chi connectivity index (χ1n) is 11.9. The van der Waals surface area contributed by atoms with Crippen molar-refractivity contribution >= 4 is 5.97 Å². The Balaban J connectivity index is 1.61. The number of aromatic nitrogens is 1. The summed E-state index contributed by atoms with van der Waals surface area (Å²) in [4.78, 5) is 25.3. The van der Waals surface area contributed by atoms with Crippen LogP contribution in [-0.2, 0) is 11.3 Å². The third-order valence-corrected chi connectivity index (χ3v) is 6.91. The maximum absolute atomic E-state index is 12.9. The molecule has 1 aliphatic heterocycles. The molecule has 6 heteroatoms. The summed E-state index contributed by atoms with van der Waals surface area (Å²) >= 11 is 0. The van der Waals surface area contributed by atoms with Gasteiger partial charge in [-0.25, -0.2) is 4.79 Å². The van der Waals surface area contributed by atoms with Gasteiger partial charge in [-0.1, -0.05) is 43.2 Å². The van der Waals surface area contributed by atoms with Crippen LogP contribution in [0.2, 0.25) is 0 Å². The van der Waals surface area contributed by atoms with Gasteiger partial charge in [-0.3, -0.25) is 4.79 Å². The first kappa shape index (κ1) is 22.3. The van der Waals surface area contributed by atoms with Crippen molar-refractivity contribution in [1.29, 1.82) is 0 Å². The van der Waals surface area contributed by atoms with Crippen molar-refractivity contribution in [3.63, 3.8) is 0 Å². The number of hydrogen-bond acceptors (Lipinski definition) is 5. The van der Waals surface area contributed by atoms with E-state index < -0.39 is 5.97 Å². The van der Waals surface area contributed by atoms with E-state index in [1.165, 1.54) is 5.56 Å². The van der Waals surface area contributed by atoms with Gasteiger partial charge < -0.3 is 18.8 Å². The van der Waals surface area contributed by atoms with Gasteiger partial charge in [0.15, 0.2) is 16.9 Å². The Labute approximate surface area is 199 Å². The molecular weight excluding hydrogens is 430 g/mol. The summed E-state index contributed by atoms with van der Waals surface area (Å²) in [6.07, 6.45) is 6.00. The summed E-state index contributed by atoms with van der Waals surface area (Å²) in [7, 11) is 1.63. The van der Waals surface area contributed by atoms with E-state index in [-0.39, 0.29) is 29.6 Å². The highest BCUT2D eigenvalue weighted by Crippen LogP contribution is 2.51. The predicted molar refractivity (Wildman–Crippen MR) is 130 cm³/mol. The van der Waals surface area contributed by atoms with Crippen LogP contribution in [0.25, 0.3) is 11.3 Å². The molecule has 1 fully saturated rings. The highest BCUT2D eigenvalue weighted by molar-refractivity contribution is 5.89. The molecular formula is C28H29NO5. The zero-order chi connectivity index (χ0) is 23.7. The number of fused-ring (bicyclic) bond motifs is 6. The van der Waals surface area contributed by atoms with Crippen LogP contribution in [0.5, 0.6) is 11.5 Å². The van der Waals surface area contributed by atoms with Gasteiger partial charge in [-0.2, -0.15) is 0 Å². The van der Waals surface area contributed by atoms with Crippen LogP contribution < -0.4 is 14.9 Å². The number of hydrogen-bond donors (Lipinski definition) is 0. The van der Waals surface area contributed by atoms with Gasteiger partial charge in [0.1, 0.15) is 12.2 Å². The lowest BCUT2D eigenvalue weighted by Gasteiger charge is -2.40. The number of carbonyl (C=O) groups is 1. The topological polar surface area (TPSA) is 66.8 Å². The van der Waals surface area contributed by atoms with E-state index in [9.17, 15) is 9.59 Å². The monoisotopic (exact) mass is 459 g/mol. The average molecular weight is 460 g/mol. The third-order valence-electron chi connectivity index (χ3n) is 6.91. The zero-order valence-electron chi connectivity index (χ0n) is 19.6. The first-order chi connectivity index (χ1) is 16.6. The van der Waals surface area contributed by atoms with Crippen LogP contribution in [0, 0.1) is 0 Å². The summed E-state index contributed by atoms with van der Waals surface area (Å²) in [6, 6.07) is 15.9. The van der Waals surface area contributed by atoms with Crippen LogP contribution in [0.15, 0.2) is 59.5 Å². The smallest absolute Gasteiger partial charge is 0.343 e. The Hall–Kier alpha value is -3.54. The van der Waals surface area contributed by atoms with Crippen molar-refractivity contribution in [2.75, 3.05) is 13.7 Å². The Kier molecular flexibility index (Phi) is 6.14. The lowest BCUT2D eigenvalue weighted by molar-refractivity contribution is 0.0523. The minimum Gasteiger partial charge on any atom is -0.493 e. The predicted octanol–water partition coefficient (Wildman–Crippen LogP) is 5.49. The van der Waals surface area contributed by atoms with Crippen molar-refractivity contribution in [3.8, 4) is 22.8 Å². The molecule has 0 N–H and O–H groups in total. The van der Waals surface area contributed by atoms with Crippen molar-refractivity contribution < 1.29 is 19.0 Å². The van der Waals surface area contributed by atoms with Crippen LogP contribution in [-0.4, -0.2) is 24.3 Å². The van der Waals surface area contributed by atoms with E-state index in [0.29, 0.717) is 18.1 Å². The lowest BCUT2D eigenvalue weighted by Crippen LogP contribution is -2.30. The van der Waals surface area contributed by atoms with Gasteiger partial charge >= 0.3 is 5.97 Å². The van der Waals surface area contributed by atoms with Crippen molar-refractivity contribution in [2.24, 2.45) is 0 Å². The standard InChI is InChI=1S/C28H29NO5/c1-3-33-28(31)22-16-29-23-12-8-7-11-19(23)20-13-27(34-17-18-9-5-4-6-10-18)26(32-2)14-21(20)24(29)15-25(22)30/h4-6,9-10,13-16,19,23H,3,7-8,11-12,17H2,1-2H3. The van der Waals surface area contributed by atoms with Crippen LogP contribution in [0.4, 0.5) is 0 Å². The molecule has 176 valence electrons. The zero-order valence-corrected chi connectivity index (χ0v) is 19.6. The SMILES string of the molecule is CCOC(=O)c1cn2c(cc1=O)-c1cc(OC)c(OCc3ccccc3)cc1C1CCCCC12. The molecule has 34 heavy (non-hydrogen) atoms. The molecule has 2 unspecified atom stereocenters. The van der Waals surface area contributed by atoms with Crippen LogP contribution >= 0.6 is 0 Å². The molecule has 0 saturated heterocycles. The van der Waals surface area contributed by atoms with Crippen molar-refractivity contribution in [1.82, 2.24) is 4.57 Å². The summed E-state index contributed by atoms with van der Waals surface area (Å²) < 4.78 is 19.1. The van der Waals surface area contributed by atoms with Crippen molar-refractivity contribution in [2.45, 2.75) is 51.2 Å². The fourth-order valence-corrected chi connectivity index (χ4v) is 5.32. The van der Waals surface area contributed by atoms with Gasteiger partial charge in [0.25, 0.3) is 0 Å². The second kappa shape index (κ2) is 9.37. The summed E-state index contributed by atoms with van der Waals surface area (Å²) in [5.74, 6) is 1.03. The molecule has 1 saturated carbocycles.